The van der Waals surface area contributed by atoms with Crippen molar-refractivity contribution in [2.75, 3.05) is 6.54 Å². The number of nitrogens with one attached hydrogen (secondary N) is 1. The van der Waals surface area contributed by atoms with Gasteiger partial charge in [0.1, 0.15) is 5.69 Å². The van der Waals surface area contributed by atoms with Gasteiger partial charge in [-0.3, -0.25) is 4.79 Å². The molecule has 5 nitrogen and oxygen atoms in total. The summed E-state index contributed by atoms with van der Waals surface area (Å²) in [5.74, 6) is 0.465. The third-order valence-corrected chi connectivity index (χ3v) is 3.69. The van der Waals surface area contributed by atoms with Gasteiger partial charge in [0.15, 0.2) is 10.8 Å². The lowest BCUT2D eigenvalue weighted by atomic mass is 10.1. The highest BCUT2D eigenvalue weighted by Crippen LogP contribution is 2.28. The predicted molar refractivity (Wildman–Crippen MR) is 75.2 cm³/mol. The van der Waals surface area contributed by atoms with E-state index in [9.17, 15) is 4.79 Å². The van der Waals surface area contributed by atoms with E-state index in [1.54, 1.807) is 12.3 Å². The van der Waals surface area contributed by atoms with Crippen molar-refractivity contribution in [2.45, 2.75) is 26.3 Å². The lowest BCUT2D eigenvalue weighted by molar-refractivity contribution is 0.0911. The number of amides is 1. The molecule has 0 saturated heterocycles. The van der Waals surface area contributed by atoms with E-state index in [0.29, 0.717) is 23.0 Å². The Morgan fingerprint density at radius 2 is 2.32 bits per heavy atom. The minimum Gasteiger partial charge on any atom is -0.462 e. The smallest absolute Gasteiger partial charge is 0.271 e. The third kappa shape index (κ3) is 3.02. The van der Waals surface area contributed by atoms with Crippen LogP contribution in [-0.4, -0.2) is 23.0 Å². The second-order valence-electron chi connectivity index (χ2n) is 4.94. The Balaban J connectivity index is 2.24. The molecule has 6 heteroatoms. The molecule has 0 saturated carbocycles. The summed E-state index contributed by atoms with van der Waals surface area (Å²) in [6.07, 6.45) is 1.59. The van der Waals surface area contributed by atoms with E-state index in [2.05, 4.69) is 10.3 Å². The molecule has 0 unspecified atom stereocenters. The molecule has 0 aliphatic heterocycles. The van der Waals surface area contributed by atoms with Gasteiger partial charge in [0.05, 0.1) is 6.26 Å². The molecule has 19 heavy (non-hydrogen) atoms. The van der Waals surface area contributed by atoms with Crippen LogP contribution in [0.3, 0.4) is 0 Å². The molecule has 0 atom stereocenters. The van der Waals surface area contributed by atoms with E-state index in [-0.39, 0.29) is 5.91 Å². The van der Waals surface area contributed by atoms with Gasteiger partial charge in [-0.2, -0.15) is 0 Å². The Labute approximate surface area is 115 Å². The highest BCUT2D eigenvalue weighted by Gasteiger charge is 2.23. The molecule has 0 aliphatic carbocycles. The zero-order valence-electron chi connectivity index (χ0n) is 11.2. The highest BCUT2D eigenvalue weighted by molar-refractivity contribution is 7.15. The van der Waals surface area contributed by atoms with Crippen LogP contribution in [0.25, 0.3) is 10.8 Å². The predicted octanol–water partition coefficient (Wildman–Crippen LogP) is 2.18. The van der Waals surface area contributed by atoms with Crippen molar-refractivity contribution in [2.24, 2.45) is 5.73 Å². The van der Waals surface area contributed by atoms with Gasteiger partial charge in [-0.05, 0) is 32.9 Å². The van der Waals surface area contributed by atoms with Gasteiger partial charge in [-0.1, -0.05) is 0 Å². The number of nitrogens with two attached hydrogens (primary N) is 1. The van der Waals surface area contributed by atoms with Crippen molar-refractivity contribution in [3.05, 3.63) is 29.0 Å². The number of furan rings is 1. The Morgan fingerprint density at radius 1 is 1.58 bits per heavy atom. The fourth-order valence-electron chi connectivity index (χ4n) is 1.53. The SMILES string of the molecule is Cc1sc(-c2ccco2)nc1C(=O)NC(C)(C)CN. The summed E-state index contributed by atoms with van der Waals surface area (Å²) >= 11 is 1.44. The number of carbonyl (C=O) groups is 1. The van der Waals surface area contributed by atoms with Crippen LogP contribution in [0, 0.1) is 6.92 Å². The van der Waals surface area contributed by atoms with Crippen LogP contribution in [0.5, 0.6) is 0 Å². The Morgan fingerprint density at radius 3 is 2.89 bits per heavy atom. The van der Waals surface area contributed by atoms with Crippen LogP contribution in [0.2, 0.25) is 0 Å². The number of hydrogen-bond acceptors (Lipinski definition) is 5. The van der Waals surface area contributed by atoms with Crippen molar-refractivity contribution >= 4 is 17.2 Å². The number of carbonyl (C=O) groups excluding carboxylic acids is 1. The van der Waals surface area contributed by atoms with E-state index >= 15 is 0 Å². The monoisotopic (exact) mass is 279 g/mol. The van der Waals surface area contributed by atoms with Crippen LogP contribution >= 0.6 is 11.3 Å². The molecule has 3 N–H and O–H groups in total. The van der Waals surface area contributed by atoms with E-state index in [1.165, 1.54) is 11.3 Å². The van der Waals surface area contributed by atoms with E-state index in [4.69, 9.17) is 10.2 Å². The van der Waals surface area contributed by atoms with Crippen LogP contribution < -0.4 is 11.1 Å². The summed E-state index contributed by atoms with van der Waals surface area (Å²) in [6, 6.07) is 3.62. The van der Waals surface area contributed by atoms with E-state index in [1.807, 2.05) is 26.8 Å². The number of nitrogens with zero attached hydrogens (tertiary/aromatic N) is 1. The van der Waals surface area contributed by atoms with Crippen molar-refractivity contribution in [3.63, 3.8) is 0 Å². The molecule has 0 aliphatic rings. The summed E-state index contributed by atoms with van der Waals surface area (Å²) in [5.41, 5.74) is 5.59. The Bertz CT molecular complexity index is 573. The summed E-state index contributed by atoms with van der Waals surface area (Å²) < 4.78 is 5.29. The second-order valence-corrected chi connectivity index (χ2v) is 6.15. The lowest BCUT2D eigenvalue weighted by Gasteiger charge is -2.23. The highest BCUT2D eigenvalue weighted by atomic mass is 32.1. The number of aromatic nitrogens is 1. The minimum atomic E-state index is -0.446. The van der Waals surface area contributed by atoms with Crippen LogP contribution in [-0.2, 0) is 0 Å². The van der Waals surface area contributed by atoms with Gasteiger partial charge in [0, 0.05) is 17.0 Å². The number of aryl methyl sites for hydroxylation is 1. The van der Waals surface area contributed by atoms with Crippen molar-refractivity contribution in [1.82, 2.24) is 10.3 Å². The van der Waals surface area contributed by atoms with Gasteiger partial charge in [0.25, 0.3) is 5.91 Å². The van der Waals surface area contributed by atoms with E-state index in [0.717, 1.165) is 4.88 Å². The first-order valence-electron chi connectivity index (χ1n) is 5.97. The van der Waals surface area contributed by atoms with Gasteiger partial charge >= 0.3 is 0 Å². The molecule has 2 rings (SSSR count). The van der Waals surface area contributed by atoms with Gasteiger partial charge in [0.2, 0.25) is 0 Å². The first-order valence-corrected chi connectivity index (χ1v) is 6.78. The average molecular weight is 279 g/mol. The number of thiazole rings is 1. The van der Waals surface area contributed by atoms with Crippen molar-refractivity contribution in [3.8, 4) is 10.8 Å². The second kappa shape index (κ2) is 5.14. The molecule has 0 aromatic carbocycles. The normalized spacial score (nSPS) is 11.6. The molecule has 0 radical (unpaired) electrons. The Kier molecular flexibility index (Phi) is 3.73. The largest absolute Gasteiger partial charge is 0.462 e. The first kappa shape index (κ1) is 13.8. The minimum absolute atomic E-state index is 0.206. The standard InChI is InChI=1S/C13H17N3O2S/c1-8-10(11(17)16-13(2,3)7-14)15-12(19-8)9-5-4-6-18-9/h4-6H,7,14H2,1-3H3,(H,16,17). The average Bonchev–Trinajstić information content (AvgIpc) is 2.96. The van der Waals surface area contributed by atoms with Gasteiger partial charge in [-0.15, -0.1) is 11.3 Å². The van der Waals surface area contributed by atoms with Crippen molar-refractivity contribution in [1.29, 1.82) is 0 Å². The van der Waals surface area contributed by atoms with Crippen molar-refractivity contribution < 1.29 is 9.21 Å². The topological polar surface area (TPSA) is 81.2 Å². The zero-order valence-corrected chi connectivity index (χ0v) is 12.0. The molecule has 0 bridgehead atoms. The lowest BCUT2D eigenvalue weighted by Crippen LogP contribution is -2.49. The van der Waals surface area contributed by atoms with E-state index < -0.39 is 5.54 Å². The quantitative estimate of drug-likeness (QED) is 0.898. The fraction of sp³-hybridized carbons (Fsp3) is 0.385. The fourth-order valence-corrected chi connectivity index (χ4v) is 2.41. The molecular formula is C13H17N3O2S. The summed E-state index contributed by atoms with van der Waals surface area (Å²) in [4.78, 5) is 17.4. The maximum Gasteiger partial charge on any atom is 0.271 e. The third-order valence-electron chi connectivity index (χ3n) is 2.71. The zero-order chi connectivity index (χ0) is 14.0. The van der Waals surface area contributed by atoms with Crippen LogP contribution in [0.1, 0.15) is 29.2 Å². The van der Waals surface area contributed by atoms with Crippen LogP contribution in [0.15, 0.2) is 22.8 Å². The Hall–Kier alpha value is -1.66. The summed E-state index contributed by atoms with van der Waals surface area (Å²) in [5, 5.41) is 3.58. The molecule has 2 heterocycles. The van der Waals surface area contributed by atoms with Gasteiger partial charge in [-0.25, -0.2) is 4.98 Å². The maximum absolute atomic E-state index is 12.2. The molecule has 2 aromatic heterocycles. The molecular weight excluding hydrogens is 262 g/mol. The molecule has 2 aromatic rings. The molecule has 0 fully saturated rings. The summed E-state index contributed by atoms with van der Waals surface area (Å²) in [7, 11) is 0. The maximum atomic E-state index is 12.2. The molecule has 102 valence electrons. The van der Waals surface area contributed by atoms with Crippen LogP contribution in [0.4, 0.5) is 0 Å². The summed E-state index contributed by atoms with van der Waals surface area (Å²) in [6.45, 7) is 5.99. The first-order chi connectivity index (χ1) is 8.93. The molecule has 1 amide bonds. The number of rotatable bonds is 4. The van der Waals surface area contributed by atoms with Gasteiger partial charge < -0.3 is 15.5 Å². The molecule has 0 spiro atoms. The number of hydrogen-bond donors (Lipinski definition) is 2.